The van der Waals surface area contributed by atoms with E-state index in [1.807, 2.05) is 19.1 Å². The van der Waals surface area contributed by atoms with Crippen molar-refractivity contribution in [2.75, 3.05) is 25.0 Å². The van der Waals surface area contributed by atoms with Gasteiger partial charge in [0.1, 0.15) is 6.61 Å². The van der Waals surface area contributed by atoms with Crippen molar-refractivity contribution in [2.24, 2.45) is 0 Å². The molecule has 0 saturated carbocycles. The van der Waals surface area contributed by atoms with E-state index in [1.165, 1.54) is 0 Å². The van der Waals surface area contributed by atoms with Gasteiger partial charge < -0.3 is 14.8 Å². The van der Waals surface area contributed by atoms with Crippen LogP contribution >= 0.6 is 0 Å². The number of hydrogen-bond donors (Lipinski definition) is 2. The first-order chi connectivity index (χ1) is 15.3. The number of anilines is 1. The molecular formula is C24H26N2O5S. The first-order valence-electron chi connectivity index (χ1n) is 10.0. The van der Waals surface area contributed by atoms with Crippen molar-refractivity contribution in [1.82, 2.24) is 5.32 Å². The molecule has 0 spiro atoms. The Bertz CT molecular complexity index is 1190. The zero-order chi connectivity index (χ0) is 23.1. The Balaban J connectivity index is 1.64. The molecule has 1 amide bonds. The molecule has 2 N–H and O–H groups in total. The van der Waals surface area contributed by atoms with Crippen LogP contribution in [0.2, 0.25) is 0 Å². The molecule has 0 aliphatic rings. The van der Waals surface area contributed by atoms with Crippen molar-refractivity contribution in [3.8, 4) is 11.5 Å². The summed E-state index contributed by atoms with van der Waals surface area (Å²) in [4.78, 5) is 12.8. The molecule has 3 rings (SSSR count). The van der Waals surface area contributed by atoms with Crippen molar-refractivity contribution in [1.29, 1.82) is 0 Å². The Morgan fingerprint density at radius 2 is 1.59 bits per heavy atom. The lowest BCUT2D eigenvalue weighted by molar-refractivity contribution is 0.0946. The quantitative estimate of drug-likeness (QED) is 0.478. The summed E-state index contributed by atoms with van der Waals surface area (Å²) in [6, 6.07) is 18.7. The number of hydrogen-bond acceptors (Lipinski definition) is 5. The molecule has 0 bridgehead atoms. The molecule has 0 aliphatic heterocycles. The van der Waals surface area contributed by atoms with Crippen LogP contribution in [0.25, 0.3) is 0 Å². The van der Waals surface area contributed by atoms with Crippen LogP contribution in [0.4, 0.5) is 5.69 Å². The van der Waals surface area contributed by atoms with Gasteiger partial charge in [0.15, 0.2) is 11.5 Å². The standard InChI is InChI=1S/C24H26N2O5S/c1-17-11-13-19(14-12-17)32(28,29)26-21-8-6-7-20(18(21)2)24(27)25-15-16-31-23-10-5-4-9-22(23)30-3/h4-14,26H,15-16H2,1-3H3,(H,25,27). The van der Waals surface area contributed by atoms with Gasteiger partial charge in [-0.15, -0.1) is 0 Å². The van der Waals surface area contributed by atoms with Crippen molar-refractivity contribution < 1.29 is 22.7 Å². The average Bonchev–Trinajstić information content (AvgIpc) is 2.78. The van der Waals surface area contributed by atoms with E-state index in [2.05, 4.69) is 10.0 Å². The van der Waals surface area contributed by atoms with E-state index < -0.39 is 10.0 Å². The average molecular weight is 455 g/mol. The third-order valence-electron chi connectivity index (χ3n) is 4.87. The van der Waals surface area contributed by atoms with Crippen LogP contribution in [0.15, 0.2) is 71.6 Å². The molecule has 0 unspecified atom stereocenters. The molecule has 0 aliphatic carbocycles. The van der Waals surface area contributed by atoms with Gasteiger partial charge in [-0.3, -0.25) is 9.52 Å². The van der Waals surface area contributed by atoms with Gasteiger partial charge in [-0.25, -0.2) is 8.42 Å². The largest absolute Gasteiger partial charge is 0.493 e. The van der Waals surface area contributed by atoms with Gasteiger partial charge in [-0.1, -0.05) is 35.9 Å². The number of para-hydroxylation sites is 2. The number of ether oxygens (including phenoxy) is 2. The van der Waals surface area contributed by atoms with Gasteiger partial charge in [0.25, 0.3) is 15.9 Å². The summed E-state index contributed by atoms with van der Waals surface area (Å²) in [5.41, 5.74) is 2.23. The lowest BCUT2D eigenvalue weighted by atomic mass is 10.1. The van der Waals surface area contributed by atoms with Gasteiger partial charge in [0.2, 0.25) is 0 Å². The van der Waals surface area contributed by atoms with Gasteiger partial charge in [0.05, 0.1) is 24.2 Å². The fourth-order valence-electron chi connectivity index (χ4n) is 3.07. The topological polar surface area (TPSA) is 93.7 Å². The molecule has 3 aromatic carbocycles. The Morgan fingerprint density at radius 1 is 0.906 bits per heavy atom. The zero-order valence-corrected chi connectivity index (χ0v) is 19.0. The monoisotopic (exact) mass is 454 g/mol. The fraction of sp³-hybridized carbons (Fsp3) is 0.208. The first kappa shape index (κ1) is 23.1. The highest BCUT2D eigenvalue weighted by molar-refractivity contribution is 7.92. The van der Waals surface area contributed by atoms with Crippen molar-refractivity contribution in [3.63, 3.8) is 0 Å². The van der Waals surface area contributed by atoms with Gasteiger partial charge in [-0.05, 0) is 55.8 Å². The predicted molar refractivity (Wildman–Crippen MR) is 124 cm³/mol. The summed E-state index contributed by atoms with van der Waals surface area (Å²) in [6.07, 6.45) is 0. The molecule has 8 heteroatoms. The number of methoxy groups -OCH3 is 1. The number of sulfonamides is 1. The summed E-state index contributed by atoms with van der Waals surface area (Å²) in [6.45, 7) is 4.12. The van der Waals surface area contributed by atoms with Crippen LogP contribution in [0, 0.1) is 13.8 Å². The smallest absolute Gasteiger partial charge is 0.261 e. The first-order valence-corrected chi connectivity index (χ1v) is 11.5. The third kappa shape index (κ3) is 5.59. The lowest BCUT2D eigenvalue weighted by Gasteiger charge is -2.14. The normalized spacial score (nSPS) is 11.0. The SMILES string of the molecule is COc1ccccc1OCCNC(=O)c1cccc(NS(=O)(=O)c2ccc(C)cc2)c1C. The number of aryl methyl sites for hydroxylation is 1. The maximum absolute atomic E-state index is 12.7. The highest BCUT2D eigenvalue weighted by atomic mass is 32.2. The maximum atomic E-state index is 12.7. The number of carbonyl (C=O) groups is 1. The molecule has 3 aromatic rings. The molecule has 0 heterocycles. The zero-order valence-electron chi connectivity index (χ0n) is 18.2. The van der Waals surface area contributed by atoms with E-state index in [0.29, 0.717) is 28.3 Å². The predicted octanol–water partition coefficient (Wildman–Crippen LogP) is 3.92. The molecule has 0 aromatic heterocycles. The number of nitrogens with one attached hydrogen (secondary N) is 2. The van der Waals surface area contributed by atoms with Crippen LogP contribution in [-0.2, 0) is 10.0 Å². The van der Waals surface area contributed by atoms with Crippen molar-refractivity contribution >= 4 is 21.6 Å². The van der Waals surface area contributed by atoms with Crippen LogP contribution in [0.3, 0.4) is 0 Å². The van der Waals surface area contributed by atoms with Crippen LogP contribution in [0.5, 0.6) is 11.5 Å². The second-order valence-corrected chi connectivity index (χ2v) is 8.83. The summed E-state index contributed by atoms with van der Waals surface area (Å²) in [7, 11) is -2.20. The Kier molecular flexibility index (Phi) is 7.37. The number of carbonyl (C=O) groups excluding carboxylic acids is 1. The van der Waals surface area contributed by atoms with E-state index in [4.69, 9.17) is 9.47 Å². The number of amides is 1. The van der Waals surface area contributed by atoms with Crippen molar-refractivity contribution in [3.05, 3.63) is 83.4 Å². The Labute approximate surface area is 188 Å². The van der Waals surface area contributed by atoms with Gasteiger partial charge in [0, 0.05) is 5.56 Å². The minimum absolute atomic E-state index is 0.158. The van der Waals surface area contributed by atoms with E-state index >= 15 is 0 Å². The van der Waals surface area contributed by atoms with Crippen LogP contribution in [-0.4, -0.2) is 34.6 Å². The molecular weight excluding hydrogens is 428 g/mol. The molecule has 7 nitrogen and oxygen atoms in total. The highest BCUT2D eigenvalue weighted by Gasteiger charge is 2.18. The van der Waals surface area contributed by atoms with Gasteiger partial charge in [-0.2, -0.15) is 0 Å². The second kappa shape index (κ2) is 10.2. The van der Waals surface area contributed by atoms with Crippen LogP contribution in [0.1, 0.15) is 21.5 Å². The molecule has 168 valence electrons. The highest BCUT2D eigenvalue weighted by Crippen LogP contribution is 2.25. The Hall–Kier alpha value is -3.52. The molecule has 0 radical (unpaired) electrons. The van der Waals surface area contributed by atoms with Crippen LogP contribution < -0.4 is 19.5 Å². The maximum Gasteiger partial charge on any atom is 0.261 e. The summed E-state index contributed by atoms with van der Waals surface area (Å²) in [5, 5.41) is 2.79. The third-order valence-corrected chi connectivity index (χ3v) is 6.25. The van der Waals surface area contributed by atoms with E-state index in [9.17, 15) is 13.2 Å². The second-order valence-electron chi connectivity index (χ2n) is 7.15. The number of benzene rings is 3. The molecule has 0 saturated heterocycles. The summed E-state index contributed by atoms with van der Waals surface area (Å²) >= 11 is 0. The molecule has 0 atom stereocenters. The summed E-state index contributed by atoms with van der Waals surface area (Å²) in [5.74, 6) is 0.888. The van der Waals surface area contributed by atoms with Crippen molar-refractivity contribution in [2.45, 2.75) is 18.7 Å². The number of rotatable bonds is 9. The minimum Gasteiger partial charge on any atom is -0.493 e. The molecule has 32 heavy (non-hydrogen) atoms. The lowest BCUT2D eigenvalue weighted by Crippen LogP contribution is -2.29. The molecule has 0 fully saturated rings. The van der Waals surface area contributed by atoms with E-state index in [1.54, 1.807) is 68.6 Å². The van der Waals surface area contributed by atoms with E-state index in [-0.39, 0.29) is 24.0 Å². The Morgan fingerprint density at radius 3 is 2.28 bits per heavy atom. The fourth-order valence-corrected chi connectivity index (χ4v) is 4.20. The minimum atomic E-state index is -3.77. The van der Waals surface area contributed by atoms with E-state index in [0.717, 1.165) is 5.56 Å². The van der Waals surface area contributed by atoms with Gasteiger partial charge >= 0.3 is 0 Å². The summed E-state index contributed by atoms with van der Waals surface area (Å²) < 4.78 is 38.9.